The van der Waals surface area contributed by atoms with Gasteiger partial charge in [0.1, 0.15) is 5.76 Å². The molecule has 0 saturated heterocycles. The zero-order valence-corrected chi connectivity index (χ0v) is 11.4. The first-order valence-corrected chi connectivity index (χ1v) is 5.76. The summed E-state index contributed by atoms with van der Waals surface area (Å²) in [4.78, 5) is 12.6. The van der Waals surface area contributed by atoms with E-state index in [-0.39, 0.29) is 0 Å². The zero-order valence-electron chi connectivity index (χ0n) is 11.4. The number of rotatable bonds is 5. The molecule has 1 N–H and O–H groups in total. The van der Waals surface area contributed by atoms with Gasteiger partial charge in [0.2, 0.25) is 23.6 Å². The molecule has 0 fully saturated rings. The molecule has 0 unspecified atom stereocenters. The van der Waals surface area contributed by atoms with Crippen LogP contribution in [0.1, 0.15) is 17.3 Å². The molecular formula is C12H16N4O3. The normalized spacial score (nSPS) is 10.3. The van der Waals surface area contributed by atoms with E-state index < -0.39 is 0 Å². The van der Waals surface area contributed by atoms with E-state index in [0.717, 1.165) is 11.5 Å². The summed E-state index contributed by atoms with van der Waals surface area (Å²) in [6.45, 7) is 4.16. The first kappa shape index (κ1) is 13.1. The standard InChI is InChI=1S/C12H16N4O3/c1-7-8(2)19-11(14-7)6-13-12-15-9(17-3)5-10(16-12)18-4/h5H,6H2,1-4H3,(H,13,15,16). The maximum absolute atomic E-state index is 5.46. The SMILES string of the molecule is COc1cc(OC)nc(NCc2nc(C)c(C)o2)n1. The second kappa shape index (κ2) is 5.55. The number of hydrogen-bond donors (Lipinski definition) is 1. The smallest absolute Gasteiger partial charge is 0.229 e. The van der Waals surface area contributed by atoms with Gasteiger partial charge in [-0.3, -0.25) is 0 Å². The monoisotopic (exact) mass is 264 g/mol. The molecule has 0 aliphatic carbocycles. The van der Waals surface area contributed by atoms with E-state index in [9.17, 15) is 0 Å². The molecule has 7 nitrogen and oxygen atoms in total. The molecule has 0 aromatic carbocycles. The van der Waals surface area contributed by atoms with Crippen LogP contribution in [0, 0.1) is 13.8 Å². The van der Waals surface area contributed by atoms with Crippen molar-refractivity contribution < 1.29 is 13.9 Å². The van der Waals surface area contributed by atoms with Gasteiger partial charge in [-0.1, -0.05) is 0 Å². The molecule has 2 rings (SSSR count). The Morgan fingerprint density at radius 1 is 1.11 bits per heavy atom. The molecule has 2 aromatic rings. The van der Waals surface area contributed by atoms with Gasteiger partial charge in [-0.2, -0.15) is 9.97 Å². The molecule has 2 aromatic heterocycles. The van der Waals surface area contributed by atoms with Crippen LogP contribution in [0.3, 0.4) is 0 Å². The number of anilines is 1. The summed E-state index contributed by atoms with van der Waals surface area (Å²) >= 11 is 0. The van der Waals surface area contributed by atoms with E-state index in [1.807, 2.05) is 13.8 Å². The molecule has 0 aliphatic rings. The summed E-state index contributed by atoms with van der Waals surface area (Å²) < 4.78 is 15.6. The summed E-state index contributed by atoms with van der Waals surface area (Å²) in [7, 11) is 3.07. The van der Waals surface area contributed by atoms with Gasteiger partial charge < -0.3 is 19.2 Å². The summed E-state index contributed by atoms with van der Waals surface area (Å²) in [5.74, 6) is 2.63. The van der Waals surface area contributed by atoms with Crippen molar-refractivity contribution in [1.29, 1.82) is 0 Å². The van der Waals surface area contributed by atoms with Gasteiger partial charge in [-0.25, -0.2) is 4.98 Å². The first-order chi connectivity index (χ1) is 9.12. The molecule has 102 valence electrons. The highest BCUT2D eigenvalue weighted by atomic mass is 16.5. The van der Waals surface area contributed by atoms with Crippen LogP contribution in [0.15, 0.2) is 10.5 Å². The number of methoxy groups -OCH3 is 2. The molecule has 2 heterocycles. The molecule has 0 bridgehead atoms. The number of hydrogen-bond acceptors (Lipinski definition) is 7. The minimum atomic E-state index is 0.393. The van der Waals surface area contributed by atoms with Gasteiger partial charge in [-0.05, 0) is 13.8 Å². The number of aromatic nitrogens is 3. The molecule has 0 amide bonds. The van der Waals surface area contributed by atoms with Crippen LogP contribution >= 0.6 is 0 Å². The molecule has 7 heteroatoms. The Hall–Kier alpha value is -2.31. The van der Waals surface area contributed by atoms with Crippen molar-refractivity contribution >= 4 is 5.95 Å². The second-order valence-corrected chi connectivity index (χ2v) is 3.88. The van der Waals surface area contributed by atoms with Crippen molar-refractivity contribution in [2.45, 2.75) is 20.4 Å². The van der Waals surface area contributed by atoms with Crippen LogP contribution in [0.4, 0.5) is 5.95 Å². The van der Waals surface area contributed by atoms with E-state index in [1.165, 1.54) is 14.2 Å². The van der Waals surface area contributed by atoms with Crippen LogP contribution < -0.4 is 14.8 Å². The van der Waals surface area contributed by atoms with Gasteiger partial charge in [0.15, 0.2) is 0 Å². The fourth-order valence-corrected chi connectivity index (χ4v) is 1.46. The van der Waals surface area contributed by atoms with Gasteiger partial charge in [0.25, 0.3) is 0 Å². The largest absolute Gasteiger partial charge is 0.481 e. The lowest BCUT2D eigenvalue weighted by Crippen LogP contribution is -2.05. The van der Waals surface area contributed by atoms with E-state index in [4.69, 9.17) is 13.9 Å². The maximum Gasteiger partial charge on any atom is 0.229 e. The third-order valence-electron chi connectivity index (χ3n) is 2.57. The van der Waals surface area contributed by atoms with Crippen LogP contribution in [0.5, 0.6) is 11.8 Å². The Labute approximate surface area is 111 Å². The lowest BCUT2D eigenvalue weighted by molar-refractivity contribution is 0.372. The summed E-state index contributed by atoms with van der Waals surface area (Å²) in [5, 5.41) is 3.01. The lowest BCUT2D eigenvalue weighted by Gasteiger charge is -2.06. The van der Waals surface area contributed by atoms with Gasteiger partial charge in [0, 0.05) is 0 Å². The molecule has 0 saturated carbocycles. The second-order valence-electron chi connectivity index (χ2n) is 3.88. The predicted molar refractivity (Wildman–Crippen MR) is 68.4 cm³/mol. The minimum absolute atomic E-state index is 0.393. The highest BCUT2D eigenvalue weighted by Crippen LogP contribution is 2.18. The number of nitrogens with zero attached hydrogens (tertiary/aromatic N) is 3. The van der Waals surface area contributed by atoms with Crippen molar-refractivity contribution in [1.82, 2.24) is 15.0 Å². The van der Waals surface area contributed by atoms with Crippen molar-refractivity contribution in [3.05, 3.63) is 23.4 Å². The first-order valence-electron chi connectivity index (χ1n) is 5.76. The minimum Gasteiger partial charge on any atom is -0.481 e. The summed E-state index contributed by atoms with van der Waals surface area (Å²) in [6.07, 6.45) is 0. The van der Waals surface area contributed by atoms with Crippen LogP contribution in [0.25, 0.3) is 0 Å². The van der Waals surface area contributed by atoms with Crippen molar-refractivity contribution in [3.63, 3.8) is 0 Å². The quantitative estimate of drug-likeness (QED) is 0.880. The molecule has 0 spiro atoms. The van der Waals surface area contributed by atoms with Crippen LogP contribution in [0.2, 0.25) is 0 Å². The number of ether oxygens (including phenoxy) is 2. The van der Waals surface area contributed by atoms with Crippen LogP contribution in [-0.4, -0.2) is 29.2 Å². The highest BCUT2D eigenvalue weighted by molar-refractivity contribution is 5.33. The summed E-state index contributed by atoms with van der Waals surface area (Å²) in [6, 6.07) is 1.60. The van der Waals surface area contributed by atoms with Gasteiger partial charge in [-0.15, -0.1) is 0 Å². The van der Waals surface area contributed by atoms with Gasteiger partial charge in [0.05, 0.1) is 32.5 Å². The Kier molecular flexibility index (Phi) is 3.84. The third kappa shape index (κ3) is 3.12. The topological polar surface area (TPSA) is 82.3 Å². The number of oxazole rings is 1. The van der Waals surface area contributed by atoms with E-state index in [1.54, 1.807) is 6.07 Å². The van der Waals surface area contributed by atoms with Crippen LogP contribution in [-0.2, 0) is 6.54 Å². The van der Waals surface area contributed by atoms with E-state index >= 15 is 0 Å². The Morgan fingerprint density at radius 3 is 2.21 bits per heavy atom. The maximum atomic E-state index is 5.46. The molecule has 0 atom stereocenters. The predicted octanol–water partition coefficient (Wildman–Crippen LogP) is 1.71. The van der Waals surface area contributed by atoms with Crippen molar-refractivity contribution in [2.24, 2.45) is 0 Å². The van der Waals surface area contributed by atoms with Crippen molar-refractivity contribution in [2.75, 3.05) is 19.5 Å². The fourth-order valence-electron chi connectivity index (χ4n) is 1.46. The van der Waals surface area contributed by atoms with E-state index in [2.05, 4.69) is 20.3 Å². The third-order valence-corrected chi connectivity index (χ3v) is 2.57. The average molecular weight is 264 g/mol. The van der Waals surface area contributed by atoms with Crippen molar-refractivity contribution in [3.8, 4) is 11.8 Å². The summed E-state index contributed by atoms with van der Waals surface area (Å²) in [5.41, 5.74) is 0.876. The highest BCUT2D eigenvalue weighted by Gasteiger charge is 2.08. The molecular weight excluding hydrogens is 248 g/mol. The molecule has 0 aliphatic heterocycles. The average Bonchev–Trinajstić information content (AvgIpc) is 2.75. The number of nitrogens with one attached hydrogen (secondary N) is 1. The van der Waals surface area contributed by atoms with Gasteiger partial charge >= 0.3 is 0 Å². The number of aryl methyl sites for hydroxylation is 2. The molecule has 19 heavy (non-hydrogen) atoms. The zero-order chi connectivity index (χ0) is 13.8. The Morgan fingerprint density at radius 2 is 1.74 bits per heavy atom. The Bertz CT molecular complexity index is 526. The Balaban J connectivity index is 2.10. The van der Waals surface area contributed by atoms with E-state index in [0.29, 0.717) is 30.1 Å². The molecule has 0 radical (unpaired) electrons. The fraction of sp³-hybridized carbons (Fsp3) is 0.417. The lowest BCUT2D eigenvalue weighted by atomic mass is 10.4.